The van der Waals surface area contributed by atoms with E-state index in [1.54, 1.807) is 30.3 Å². The smallest absolute Gasteiger partial charge is 0.427 e. The van der Waals surface area contributed by atoms with Crippen LogP contribution < -0.4 is 0 Å². The molecule has 0 bridgehead atoms. The van der Waals surface area contributed by atoms with Gasteiger partial charge in [-0.25, -0.2) is 9.59 Å². The Morgan fingerprint density at radius 2 is 1.90 bits per heavy atom. The SMILES string of the molecule is C=C(CCCC)C1=CCN(C(=O)OCc2ccccc2)C1(C(=O)OC)C(F)(F)F. The number of methoxy groups -OCH3 is 1. The average Bonchev–Trinajstić information content (AvgIpc) is 3.12. The quantitative estimate of drug-likeness (QED) is 0.606. The molecule has 5 nitrogen and oxygen atoms in total. The number of nitrogens with zero attached hydrogens (tertiary/aromatic N) is 1. The summed E-state index contributed by atoms with van der Waals surface area (Å²) < 4.78 is 52.6. The fraction of sp³-hybridized carbons (Fsp3) is 0.429. The number of hydrogen-bond donors (Lipinski definition) is 0. The first kappa shape index (κ1) is 22.5. The molecule has 0 spiro atoms. The number of unbranched alkanes of at least 4 members (excludes halogenated alkanes) is 1. The van der Waals surface area contributed by atoms with E-state index in [4.69, 9.17) is 4.74 Å². The molecule has 0 N–H and O–H groups in total. The molecule has 0 saturated heterocycles. The Labute approximate surface area is 167 Å². The van der Waals surface area contributed by atoms with Gasteiger partial charge in [0.2, 0.25) is 0 Å². The van der Waals surface area contributed by atoms with E-state index < -0.39 is 30.3 Å². The largest absolute Gasteiger partial charge is 0.467 e. The molecule has 1 atom stereocenters. The number of hydrogen-bond acceptors (Lipinski definition) is 4. The first-order valence-electron chi connectivity index (χ1n) is 9.22. The lowest BCUT2D eigenvalue weighted by Gasteiger charge is -2.39. The number of halogens is 3. The Bertz CT molecular complexity index is 789. The standard InChI is InChI=1S/C21H24F3NO4/c1-4-5-9-15(2)17-12-13-25(20(17,18(26)28-3)21(22,23)24)19(27)29-14-16-10-7-6-8-11-16/h6-8,10-12H,2,4-5,9,13-14H2,1,3H3. The van der Waals surface area contributed by atoms with Crippen molar-refractivity contribution in [2.24, 2.45) is 0 Å². The second-order valence-electron chi connectivity index (χ2n) is 6.68. The zero-order chi connectivity index (χ0) is 21.7. The van der Waals surface area contributed by atoms with Gasteiger partial charge >= 0.3 is 18.2 Å². The number of rotatable bonds is 7. The summed E-state index contributed by atoms with van der Waals surface area (Å²) in [7, 11) is 0.855. The summed E-state index contributed by atoms with van der Waals surface area (Å²) in [6.07, 6.45) is -3.57. The van der Waals surface area contributed by atoms with Gasteiger partial charge in [-0.05, 0) is 29.6 Å². The normalized spacial score (nSPS) is 18.9. The molecule has 158 valence electrons. The fourth-order valence-electron chi connectivity index (χ4n) is 3.34. The average molecular weight is 411 g/mol. The van der Waals surface area contributed by atoms with Crippen molar-refractivity contribution in [3.05, 3.63) is 59.7 Å². The molecule has 0 fully saturated rings. The van der Waals surface area contributed by atoms with Crippen LogP contribution in [0.15, 0.2) is 54.1 Å². The molecule has 0 aromatic heterocycles. The summed E-state index contributed by atoms with van der Waals surface area (Å²) in [5, 5.41) is 0. The van der Waals surface area contributed by atoms with Crippen LogP contribution in [-0.4, -0.2) is 42.3 Å². The first-order chi connectivity index (χ1) is 13.7. The number of esters is 1. The predicted molar refractivity (Wildman–Crippen MR) is 101 cm³/mol. The monoisotopic (exact) mass is 411 g/mol. The summed E-state index contributed by atoms with van der Waals surface area (Å²) >= 11 is 0. The van der Waals surface area contributed by atoms with E-state index in [0.717, 1.165) is 13.5 Å². The van der Waals surface area contributed by atoms with Crippen LogP contribution in [0.2, 0.25) is 0 Å². The summed E-state index contributed by atoms with van der Waals surface area (Å²) in [5.74, 6) is -1.59. The van der Waals surface area contributed by atoms with Crippen molar-refractivity contribution >= 4 is 12.1 Å². The Kier molecular flexibility index (Phi) is 7.11. The van der Waals surface area contributed by atoms with Gasteiger partial charge in [0, 0.05) is 6.54 Å². The van der Waals surface area contributed by atoms with Crippen LogP contribution >= 0.6 is 0 Å². The van der Waals surface area contributed by atoms with Gasteiger partial charge in [-0.1, -0.05) is 56.3 Å². The molecule has 2 rings (SSSR count). The van der Waals surface area contributed by atoms with Gasteiger partial charge in [0.25, 0.3) is 5.54 Å². The van der Waals surface area contributed by atoms with Gasteiger partial charge in [-0.3, -0.25) is 4.90 Å². The predicted octanol–water partition coefficient (Wildman–Crippen LogP) is 4.79. The van der Waals surface area contributed by atoms with Crippen molar-refractivity contribution < 1.29 is 32.2 Å². The Balaban J connectivity index is 2.38. The molecule has 29 heavy (non-hydrogen) atoms. The molecular formula is C21H24F3NO4. The van der Waals surface area contributed by atoms with Crippen molar-refractivity contribution in [2.75, 3.05) is 13.7 Å². The maximum Gasteiger partial charge on any atom is 0.427 e. The third-order valence-electron chi connectivity index (χ3n) is 4.80. The van der Waals surface area contributed by atoms with Gasteiger partial charge in [0.1, 0.15) is 6.61 Å². The van der Waals surface area contributed by atoms with Crippen LogP contribution in [0.4, 0.5) is 18.0 Å². The Morgan fingerprint density at radius 3 is 2.45 bits per heavy atom. The summed E-state index contributed by atoms with van der Waals surface area (Å²) in [6.45, 7) is 4.96. The van der Waals surface area contributed by atoms with Crippen molar-refractivity contribution in [1.82, 2.24) is 4.90 Å². The van der Waals surface area contributed by atoms with Gasteiger partial charge in [0.15, 0.2) is 0 Å². The van der Waals surface area contributed by atoms with Gasteiger partial charge in [-0.15, -0.1) is 0 Å². The van der Waals surface area contributed by atoms with Crippen LogP contribution in [-0.2, 0) is 20.9 Å². The lowest BCUT2D eigenvalue weighted by molar-refractivity contribution is -0.219. The van der Waals surface area contributed by atoms with E-state index in [9.17, 15) is 22.8 Å². The minimum atomic E-state index is -5.12. The van der Waals surface area contributed by atoms with Crippen molar-refractivity contribution in [1.29, 1.82) is 0 Å². The number of ether oxygens (including phenoxy) is 2. The van der Waals surface area contributed by atoms with Crippen LogP contribution in [0, 0.1) is 0 Å². The maximum atomic E-state index is 14.3. The van der Waals surface area contributed by atoms with E-state index in [1.165, 1.54) is 6.08 Å². The lowest BCUT2D eigenvalue weighted by atomic mass is 9.83. The second-order valence-corrected chi connectivity index (χ2v) is 6.68. The molecule has 0 aliphatic carbocycles. The zero-order valence-corrected chi connectivity index (χ0v) is 16.4. The minimum absolute atomic E-state index is 0.146. The number of carbonyl (C=O) groups is 2. The van der Waals surface area contributed by atoms with E-state index in [-0.39, 0.29) is 24.2 Å². The van der Waals surface area contributed by atoms with Crippen molar-refractivity contribution in [3.63, 3.8) is 0 Å². The van der Waals surface area contributed by atoms with E-state index >= 15 is 0 Å². The Morgan fingerprint density at radius 1 is 1.24 bits per heavy atom. The third kappa shape index (κ3) is 4.31. The molecule has 8 heteroatoms. The molecule has 1 aromatic carbocycles. The minimum Gasteiger partial charge on any atom is -0.467 e. The molecule has 1 aromatic rings. The van der Waals surface area contributed by atoms with Gasteiger partial charge in [0.05, 0.1) is 7.11 Å². The highest BCUT2D eigenvalue weighted by Crippen LogP contribution is 2.48. The number of amides is 1. The first-order valence-corrected chi connectivity index (χ1v) is 9.22. The van der Waals surface area contributed by atoms with E-state index in [2.05, 4.69) is 11.3 Å². The molecule has 1 amide bonds. The highest BCUT2D eigenvalue weighted by atomic mass is 19.4. The highest BCUT2D eigenvalue weighted by molar-refractivity contribution is 5.93. The highest BCUT2D eigenvalue weighted by Gasteiger charge is 2.71. The molecule has 1 heterocycles. The summed E-state index contributed by atoms with van der Waals surface area (Å²) in [5.41, 5.74) is -2.88. The molecule has 1 unspecified atom stereocenters. The van der Waals surface area contributed by atoms with E-state index in [0.29, 0.717) is 16.9 Å². The zero-order valence-electron chi connectivity index (χ0n) is 16.4. The third-order valence-corrected chi connectivity index (χ3v) is 4.80. The maximum absolute atomic E-state index is 14.3. The topological polar surface area (TPSA) is 55.8 Å². The molecule has 1 aliphatic rings. The molecular weight excluding hydrogens is 387 g/mol. The van der Waals surface area contributed by atoms with Crippen molar-refractivity contribution in [3.8, 4) is 0 Å². The second kappa shape index (κ2) is 9.15. The van der Waals surface area contributed by atoms with Crippen LogP contribution in [0.5, 0.6) is 0 Å². The Hall–Kier alpha value is -2.77. The lowest BCUT2D eigenvalue weighted by Crippen LogP contribution is -2.64. The van der Waals surface area contributed by atoms with E-state index in [1.807, 2.05) is 6.92 Å². The number of benzene rings is 1. The molecule has 0 saturated carbocycles. The van der Waals surface area contributed by atoms with Crippen LogP contribution in [0.25, 0.3) is 0 Å². The summed E-state index contributed by atoms with van der Waals surface area (Å²) in [6, 6.07) is 8.53. The fourth-order valence-corrected chi connectivity index (χ4v) is 3.34. The van der Waals surface area contributed by atoms with Gasteiger partial charge in [-0.2, -0.15) is 13.2 Å². The van der Waals surface area contributed by atoms with Crippen LogP contribution in [0.1, 0.15) is 31.7 Å². The van der Waals surface area contributed by atoms with Crippen molar-refractivity contribution in [2.45, 2.75) is 44.5 Å². The number of alkyl halides is 3. The van der Waals surface area contributed by atoms with Gasteiger partial charge < -0.3 is 9.47 Å². The summed E-state index contributed by atoms with van der Waals surface area (Å²) in [4.78, 5) is 25.5. The van der Waals surface area contributed by atoms with Crippen LogP contribution in [0.3, 0.4) is 0 Å². The molecule has 1 aliphatic heterocycles. The number of carbonyl (C=O) groups excluding carboxylic acids is 2. The molecule has 0 radical (unpaired) electrons.